The number of ether oxygens (including phenoxy) is 1. The monoisotopic (exact) mass is 529 g/mol. The van der Waals surface area contributed by atoms with E-state index in [-0.39, 0.29) is 5.91 Å². The predicted octanol–water partition coefficient (Wildman–Crippen LogP) is 4.97. The minimum Gasteiger partial charge on any atom is -0.494 e. The summed E-state index contributed by atoms with van der Waals surface area (Å²) in [5.74, 6) is 0.636. The van der Waals surface area contributed by atoms with Crippen molar-refractivity contribution in [3.63, 3.8) is 0 Å². The number of carbonyl (C=O) groups excluding carboxylic acids is 1. The van der Waals surface area contributed by atoms with Crippen molar-refractivity contribution in [1.29, 1.82) is 0 Å². The van der Waals surface area contributed by atoms with E-state index in [0.717, 1.165) is 29.9 Å². The summed E-state index contributed by atoms with van der Waals surface area (Å²) in [6, 6.07) is 13.5. The first-order valence-electron chi connectivity index (χ1n) is 12.1. The Morgan fingerprint density at radius 1 is 1.21 bits per heavy atom. The number of rotatable bonds is 8. The molecule has 9 nitrogen and oxygen atoms in total. The lowest BCUT2D eigenvalue weighted by Gasteiger charge is -2.43. The molecule has 0 unspecified atom stereocenters. The maximum Gasteiger partial charge on any atom is 0.247 e. The number of aromatic nitrogens is 3. The summed E-state index contributed by atoms with van der Waals surface area (Å²) in [7, 11) is 5.70. The number of halogens is 1. The summed E-state index contributed by atoms with van der Waals surface area (Å²) in [6.07, 6.45) is 4.64. The number of amides is 1. The largest absolute Gasteiger partial charge is 0.494 e. The lowest BCUT2D eigenvalue weighted by molar-refractivity contribution is -0.111. The molecule has 1 fully saturated rings. The number of fused-ring (bicyclic) bond motifs is 1. The van der Waals surface area contributed by atoms with Gasteiger partial charge in [-0.15, -0.1) is 0 Å². The number of anilines is 4. The molecule has 4 aromatic rings. The van der Waals surface area contributed by atoms with E-state index in [0.29, 0.717) is 45.2 Å². The van der Waals surface area contributed by atoms with Crippen LogP contribution in [0, 0.1) is 0 Å². The van der Waals surface area contributed by atoms with Crippen molar-refractivity contribution in [3.8, 4) is 16.9 Å². The third-order valence-corrected chi connectivity index (χ3v) is 6.83. The standard InChI is InChI=1S/C28H28ClN7O2/c1-5-26(37)32-21-12-22(25(38-4)13-24(21)36(3)19-15-35(2)16-19)33-28-31-14-23-27(34-28)20(9-10-30-23)17-7-6-8-18(29)11-17/h5-14,19H,1,15-16H2,2-4H3,(H,32,37)(H,31,33,34). The average Bonchev–Trinajstić information content (AvgIpc) is 2.90. The van der Waals surface area contributed by atoms with Gasteiger partial charge in [0, 0.05) is 43.0 Å². The average molecular weight is 530 g/mol. The zero-order valence-electron chi connectivity index (χ0n) is 21.4. The molecule has 1 aliphatic rings. The maximum atomic E-state index is 12.3. The number of likely N-dealkylation sites (tertiary alicyclic amines) is 1. The van der Waals surface area contributed by atoms with Gasteiger partial charge < -0.3 is 25.2 Å². The van der Waals surface area contributed by atoms with E-state index < -0.39 is 0 Å². The number of carbonyl (C=O) groups is 1. The summed E-state index contributed by atoms with van der Waals surface area (Å²) in [4.78, 5) is 30.3. The molecule has 2 aromatic heterocycles. The first kappa shape index (κ1) is 25.4. The molecular formula is C28H28ClN7O2. The van der Waals surface area contributed by atoms with Gasteiger partial charge in [-0.1, -0.05) is 30.3 Å². The highest BCUT2D eigenvalue weighted by molar-refractivity contribution is 6.30. The molecule has 0 aliphatic carbocycles. The van der Waals surface area contributed by atoms with Crippen LogP contribution in [0.3, 0.4) is 0 Å². The predicted molar refractivity (Wildman–Crippen MR) is 153 cm³/mol. The van der Waals surface area contributed by atoms with Crippen LogP contribution in [0.25, 0.3) is 22.2 Å². The van der Waals surface area contributed by atoms with Gasteiger partial charge in [-0.25, -0.2) is 9.97 Å². The minimum atomic E-state index is -0.305. The van der Waals surface area contributed by atoms with E-state index in [9.17, 15) is 4.79 Å². The Bertz CT molecular complexity index is 1520. The summed E-state index contributed by atoms with van der Waals surface area (Å²) in [6.45, 7) is 5.45. The topological polar surface area (TPSA) is 95.5 Å². The normalized spacial score (nSPS) is 13.6. The second kappa shape index (κ2) is 10.6. The van der Waals surface area contributed by atoms with Gasteiger partial charge in [-0.2, -0.15) is 0 Å². The fraction of sp³-hybridized carbons (Fsp3) is 0.214. The highest BCUT2D eigenvalue weighted by atomic mass is 35.5. The van der Waals surface area contributed by atoms with Crippen molar-refractivity contribution in [2.45, 2.75) is 6.04 Å². The number of pyridine rings is 1. The van der Waals surface area contributed by atoms with Crippen LogP contribution in [0.4, 0.5) is 23.0 Å². The molecule has 10 heteroatoms. The van der Waals surface area contributed by atoms with E-state index in [1.807, 2.05) is 49.5 Å². The number of benzene rings is 2. The smallest absolute Gasteiger partial charge is 0.247 e. The summed E-state index contributed by atoms with van der Waals surface area (Å²) >= 11 is 6.24. The first-order valence-corrected chi connectivity index (χ1v) is 12.5. The van der Waals surface area contributed by atoms with Gasteiger partial charge in [0.05, 0.1) is 36.4 Å². The van der Waals surface area contributed by atoms with E-state index in [2.05, 4.69) is 44.0 Å². The lowest BCUT2D eigenvalue weighted by Crippen LogP contribution is -2.56. The Labute approximate surface area is 226 Å². The zero-order chi connectivity index (χ0) is 26.8. The van der Waals surface area contributed by atoms with Crippen molar-refractivity contribution in [2.24, 2.45) is 0 Å². The SMILES string of the molecule is C=CC(=O)Nc1cc(Nc2ncc3nccc(-c4cccc(Cl)c4)c3n2)c(OC)cc1N(C)C1CN(C)C1. The van der Waals surface area contributed by atoms with E-state index >= 15 is 0 Å². The van der Waals surface area contributed by atoms with Crippen LogP contribution < -0.4 is 20.3 Å². The Balaban J connectivity index is 1.54. The van der Waals surface area contributed by atoms with Crippen molar-refractivity contribution in [1.82, 2.24) is 19.9 Å². The van der Waals surface area contributed by atoms with Gasteiger partial charge in [-0.3, -0.25) is 9.78 Å². The summed E-state index contributed by atoms with van der Waals surface area (Å²) < 4.78 is 5.73. The third-order valence-electron chi connectivity index (χ3n) is 6.60. The number of hydrogen-bond acceptors (Lipinski definition) is 8. The van der Waals surface area contributed by atoms with Crippen LogP contribution in [0.15, 0.2) is 67.5 Å². The van der Waals surface area contributed by atoms with Gasteiger partial charge in [-0.05, 0) is 43.0 Å². The Morgan fingerprint density at radius 3 is 2.74 bits per heavy atom. The molecule has 3 heterocycles. The molecule has 1 amide bonds. The van der Waals surface area contributed by atoms with Gasteiger partial charge in [0.25, 0.3) is 0 Å². The fourth-order valence-electron chi connectivity index (χ4n) is 4.53. The van der Waals surface area contributed by atoms with E-state index in [1.165, 1.54) is 6.08 Å². The number of hydrogen-bond donors (Lipinski definition) is 2. The third kappa shape index (κ3) is 5.11. The molecule has 0 radical (unpaired) electrons. The molecule has 0 saturated carbocycles. The lowest BCUT2D eigenvalue weighted by atomic mass is 10.1. The van der Waals surface area contributed by atoms with Gasteiger partial charge >= 0.3 is 0 Å². The van der Waals surface area contributed by atoms with Crippen LogP contribution in [0.5, 0.6) is 5.75 Å². The number of nitrogens with one attached hydrogen (secondary N) is 2. The van der Waals surface area contributed by atoms with Crippen LogP contribution in [0.1, 0.15) is 0 Å². The first-order chi connectivity index (χ1) is 18.4. The zero-order valence-corrected chi connectivity index (χ0v) is 22.2. The Morgan fingerprint density at radius 2 is 2.03 bits per heavy atom. The molecule has 2 N–H and O–H groups in total. The van der Waals surface area contributed by atoms with Crippen LogP contribution in [-0.2, 0) is 4.79 Å². The van der Waals surface area contributed by atoms with Gasteiger partial charge in [0.1, 0.15) is 16.8 Å². The van der Waals surface area contributed by atoms with Crippen molar-refractivity contribution >= 4 is 51.6 Å². The van der Waals surface area contributed by atoms with E-state index in [4.69, 9.17) is 21.3 Å². The minimum absolute atomic E-state index is 0.305. The summed E-state index contributed by atoms with van der Waals surface area (Å²) in [5.41, 5.74) is 5.21. The highest BCUT2D eigenvalue weighted by Gasteiger charge is 2.29. The van der Waals surface area contributed by atoms with Crippen molar-refractivity contribution in [3.05, 3.63) is 72.5 Å². The fourth-order valence-corrected chi connectivity index (χ4v) is 4.72. The Kier molecular flexibility index (Phi) is 7.13. The molecule has 38 heavy (non-hydrogen) atoms. The molecular weight excluding hydrogens is 502 g/mol. The second-order valence-corrected chi connectivity index (χ2v) is 9.61. The van der Waals surface area contributed by atoms with Crippen molar-refractivity contribution < 1.29 is 9.53 Å². The van der Waals surface area contributed by atoms with Gasteiger partial charge in [0.2, 0.25) is 11.9 Å². The van der Waals surface area contributed by atoms with Crippen LogP contribution >= 0.6 is 11.6 Å². The maximum absolute atomic E-state index is 12.3. The molecule has 0 spiro atoms. The number of nitrogens with zero attached hydrogens (tertiary/aromatic N) is 5. The molecule has 1 aliphatic heterocycles. The molecule has 194 valence electrons. The molecule has 5 rings (SSSR count). The molecule has 1 saturated heterocycles. The van der Waals surface area contributed by atoms with Crippen LogP contribution in [0.2, 0.25) is 5.02 Å². The van der Waals surface area contributed by atoms with Gasteiger partial charge in [0.15, 0.2) is 0 Å². The molecule has 2 aromatic carbocycles. The molecule has 0 bridgehead atoms. The Hall–Kier alpha value is -4.21. The van der Waals surface area contributed by atoms with Crippen LogP contribution in [-0.4, -0.2) is 66.1 Å². The molecule has 0 atom stereocenters. The van der Waals surface area contributed by atoms with E-state index in [1.54, 1.807) is 19.5 Å². The van der Waals surface area contributed by atoms with Crippen molar-refractivity contribution in [2.75, 3.05) is 49.8 Å². The number of likely N-dealkylation sites (N-methyl/N-ethyl adjacent to an activating group) is 2. The number of methoxy groups -OCH3 is 1. The second-order valence-electron chi connectivity index (χ2n) is 9.17. The summed E-state index contributed by atoms with van der Waals surface area (Å²) in [5, 5.41) is 6.83. The highest BCUT2D eigenvalue weighted by Crippen LogP contribution is 2.39. The quantitative estimate of drug-likeness (QED) is 0.309.